The Bertz CT molecular complexity index is 819. The predicted octanol–water partition coefficient (Wildman–Crippen LogP) is 2.70. The Kier molecular flexibility index (Phi) is 2.91. The summed E-state index contributed by atoms with van der Waals surface area (Å²) in [6.07, 6.45) is 1.72. The quantitative estimate of drug-likeness (QED) is 0.776. The molecule has 0 aliphatic rings. The van der Waals surface area contributed by atoms with Gasteiger partial charge in [0.15, 0.2) is 5.75 Å². The highest BCUT2D eigenvalue weighted by Crippen LogP contribution is 2.22. The van der Waals surface area contributed by atoms with Crippen LogP contribution in [-0.2, 0) is 0 Å². The summed E-state index contributed by atoms with van der Waals surface area (Å²) in [7, 11) is 1.59. The van der Waals surface area contributed by atoms with Crippen LogP contribution in [0.25, 0.3) is 16.5 Å². The standard InChI is InChI=1S/C16H13NO3/c1-20-13-8-6-12(7-9-13)17-10-11-4-2-3-5-14(11)15(18)16(17)19/h2-10,18H,1H3. The fourth-order valence-corrected chi connectivity index (χ4v) is 2.19. The summed E-state index contributed by atoms with van der Waals surface area (Å²) in [5.74, 6) is 0.478. The Balaban J connectivity index is 2.25. The van der Waals surface area contributed by atoms with Crippen molar-refractivity contribution >= 4 is 10.8 Å². The molecule has 0 bridgehead atoms. The molecule has 4 heteroatoms. The van der Waals surface area contributed by atoms with Crippen LogP contribution in [-0.4, -0.2) is 16.8 Å². The highest BCUT2D eigenvalue weighted by molar-refractivity contribution is 5.87. The number of aromatic nitrogens is 1. The molecule has 20 heavy (non-hydrogen) atoms. The molecule has 0 radical (unpaired) electrons. The van der Waals surface area contributed by atoms with Crippen LogP contribution in [0.5, 0.6) is 11.5 Å². The molecule has 0 unspecified atom stereocenters. The molecular formula is C16H13NO3. The van der Waals surface area contributed by atoms with Crippen LogP contribution in [0.1, 0.15) is 0 Å². The first kappa shape index (κ1) is 12.3. The molecule has 0 spiro atoms. The molecule has 0 aliphatic carbocycles. The number of nitrogens with zero attached hydrogens (tertiary/aromatic N) is 1. The average molecular weight is 267 g/mol. The van der Waals surface area contributed by atoms with Gasteiger partial charge >= 0.3 is 0 Å². The lowest BCUT2D eigenvalue weighted by atomic mass is 10.1. The minimum Gasteiger partial charge on any atom is -0.503 e. The van der Waals surface area contributed by atoms with E-state index in [9.17, 15) is 9.90 Å². The van der Waals surface area contributed by atoms with Crippen molar-refractivity contribution in [3.63, 3.8) is 0 Å². The highest BCUT2D eigenvalue weighted by atomic mass is 16.5. The number of fused-ring (bicyclic) bond motifs is 1. The normalized spacial score (nSPS) is 10.7. The van der Waals surface area contributed by atoms with E-state index in [1.54, 1.807) is 49.7 Å². The van der Waals surface area contributed by atoms with Gasteiger partial charge in [0, 0.05) is 22.7 Å². The van der Waals surface area contributed by atoms with Crippen molar-refractivity contribution < 1.29 is 9.84 Å². The van der Waals surface area contributed by atoms with E-state index in [-0.39, 0.29) is 5.75 Å². The van der Waals surface area contributed by atoms with Crippen LogP contribution in [0, 0.1) is 0 Å². The summed E-state index contributed by atoms with van der Waals surface area (Å²) < 4.78 is 6.52. The van der Waals surface area contributed by atoms with Crippen molar-refractivity contribution in [2.45, 2.75) is 0 Å². The maximum atomic E-state index is 12.2. The lowest BCUT2D eigenvalue weighted by molar-refractivity contribution is 0.414. The smallest absolute Gasteiger partial charge is 0.297 e. The maximum absolute atomic E-state index is 12.2. The minimum absolute atomic E-state index is 0.237. The van der Waals surface area contributed by atoms with Crippen LogP contribution < -0.4 is 10.3 Å². The van der Waals surface area contributed by atoms with Crippen LogP contribution >= 0.6 is 0 Å². The first-order chi connectivity index (χ1) is 9.70. The molecule has 2 aromatic carbocycles. The van der Waals surface area contributed by atoms with Gasteiger partial charge < -0.3 is 9.84 Å². The van der Waals surface area contributed by atoms with E-state index in [1.807, 2.05) is 12.1 Å². The van der Waals surface area contributed by atoms with Gasteiger partial charge in [-0.3, -0.25) is 9.36 Å². The Morgan fingerprint density at radius 2 is 1.75 bits per heavy atom. The fraction of sp³-hybridized carbons (Fsp3) is 0.0625. The van der Waals surface area contributed by atoms with Gasteiger partial charge in [0.05, 0.1) is 7.11 Å². The minimum atomic E-state index is -0.436. The van der Waals surface area contributed by atoms with Crippen molar-refractivity contribution in [1.29, 1.82) is 0 Å². The Hall–Kier alpha value is -2.75. The third-order valence-electron chi connectivity index (χ3n) is 3.26. The van der Waals surface area contributed by atoms with Gasteiger partial charge in [0.1, 0.15) is 5.75 Å². The van der Waals surface area contributed by atoms with Gasteiger partial charge in [-0.1, -0.05) is 24.3 Å². The van der Waals surface area contributed by atoms with Gasteiger partial charge in [-0.25, -0.2) is 0 Å². The molecule has 3 aromatic rings. The van der Waals surface area contributed by atoms with E-state index in [2.05, 4.69) is 0 Å². The van der Waals surface area contributed by atoms with E-state index in [0.29, 0.717) is 16.8 Å². The van der Waals surface area contributed by atoms with Gasteiger partial charge in [0.25, 0.3) is 5.56 Å². The first-order valence-electron chi connectivity index (χ1n) is 6.18. The van der Waals surface area contributed by atoms with E-state index >= 15 is 0 Å². The zero-order valence-electron chi connectivity index (χ0n) is 10.9. The zero-order valence-corrected chi connectivity index (χ0v) is 10.9. The van der Waals surface area contributed by atoms with E-state index in [0.717, 1.165) is 5.39 Å². The molecule has 100 valence electrons. The second-order valence-corrected chi connectivity index (χ2v) is 4.44. The predicted molar refractivity (Wildman–Crippen MR) is 77.8 cm³/mol. The van der Waals surface area contributed by atoms with Crippen molar-refractivity contribution in [3.8, 4) is 17.2 Å². The maximum Gasteiger partial charge on any atom is 0.297 e. The Labute approximate surface area is 115 Å². The molecule has 0 saturated heterocycles. The monoisotopic (exact) mass is 267 g/mol. The SMILES string of the molecule is COc1ccc(-n2cc3ccccc3c(O)c2=O)cc1. The van der Waals surface area contributed by atoms with Crippen LogP contribution in [0.2, 0.25) is 0 Å². The largest absolute Gasteiger partial charge is 0.503 e. The summed E-state index contributed by atoms with van der Waals surface area (Å²) in [5.41, 5.74) is 0.241. The molecule has 1 aromatic heterocycles. The highest BCUT2D eigenvalue weighted by Gasteiger charge is 2.09. The number of hydrogen-bond acceptors (Lipinski definition) is 3. The number of rotatable bonds is 2. The Morgan fingerprint density at radius 1 is 1.05 bits per heavy atom. The van der Waals surface area contributed by atoms with Crippen molar-refractivity contribution in [2.24, 2.45) is 0 Å². The van der Waals surface area contributed by atoms with Crippen LogP contribution in [0.3, 0.4) is 0 Å². The molecule has 0 atom stereocenters. The Morgan fingerprint density at radius 3 is 2.45 bits per heavy atom. The molecule has 4 nitrogen and oxygen atoms in total. The molecular weight excluding hydrogens is 254 g/mol. The van der Waals surface area contributed by atoms with E-state index in [1.165, 1.54) is 4.57 Å². The summed E-state index contributed by atoms with van der Waals surface area (Å²) in [5, 5.41) is 11.4. The molecule has 0 fully saturated rings. The molecule has 1 N–H and O–H groups in total. The van der Waals surface area contributed by atoms with Crippen LogP contribution in [0.15, 0.2) is 59.5 Å². The number of pyridine rings is 1. The van der Waals surface area contributed by atoms with Crippen molar-refractivity contribution in [3.05, 3.63) is 65.1 Å². The third kappa shape index (κ3) is 1.91. The van der Waals surface area contributed by atoms with Crippen LogP contribution in [0.4, 0.5) is 0 Å². The number of ether oxygens (including phenoxy) is 1. The average Bonchev–Trinajstić information content (AvgIpc) is 2.51. The number of aromatic hydroxyl groups is 1. The molecule has 0 amide bonds. The third-order valence-corrected chi connectivity index (χ3v) is 3.26. The number of benzene rings is 2. The van der Waals surface area contributed by atoms with Crippen molar-refractivity contribution in [1.82, 2.24) is 4.57 Å². The second kappa shape index (κ2) is 4.74. The van der Waals surface area contributed by atoms with E-state index < -0.39 is 5.56 Å². The molecule has 0 saturated carbocycles. The first-order valence-corrected chi connectivity index (χ1v) is 6.18. The van der Waals surface area contributed by atoms with E-state index in [4.69, 9.17) is 4.74 Å². The van der Waals surface area contributed by atoms with Gasteiger partial charge in [-0.15, -0.1) is 0 Å². The second-order valence-electron chi connectivity index (χ2n) is 4.44. The topological polar surface area (TPSA) is 51.5 Å². The number of hydrogen-bond donors (Lipinski definition) is 1. The zero-order chi connectivity index (χ0) is 14.1. The number of methoxy groups -OCH3 is 1. The summed E-state index contributed by atoms with van der Waals surface area (Å²) >= 11 is 0. The lowest BCUT2D eigenvalue weighted by Crippen LogP contribution is -2.17. The summed E-state index contributed by atoms with van der Waals surface area (Å²) in [6, 6.07) is 14.3. The van der Waals surface area contributed by atoms with Gasteiger partial charge in [-0.05, 0) is 24.3 Å². The molecule has 1 heterocycles. The van der Waals surface area contributed by atoms with Gasteiger partial charge in [-0.2, -0.15) is 0 Å². The lowest BCUT2D eigenvalue weighted by Gasteiger charge is -2.09. The fourth-order valence-electron chi connectivity index (χ4n) is 2.19. The van der Waals surface area contributed by atoms with Gasteiger partial charge in [0.2, 0.25) is 0 Å². The molecule has 3 rings (SSSR count). The summed E-state index contributed by atoms with van der Waals surface area (Å²) in [6.45, 7) is 0. The van der Waals surface area contributed by atoms with Crippen molar-refractivity contribution in [2.75, 3.05) is 7.11 Å². The molecule has 0 aliphatic heterocycles. The summed E-state index contributed by atoms with van der Waals surface area (Å²) in [4.78, 5) is 12.2.